The predicted octanol–water partition coefficient (Wildman–Crippen LogP) is 3.56. The summed E-state index contributed by atoms with van der Waals surface area (Å²) in [7, 11) is 0. The largest absolute Gasteiger partial charge is 0.459 e. The molecule has 2 rings (SSSR count). The number of carbonyl (C=O) groups is 1. The van der Waals surface area contributed by atoms with Gasteiger partial charge in [0.1, 0.15) is 5.60 Å². The maximum absolute atomic E-state index is 11.7. The number of esters is 1. The maximum Gasteiger partial charge on any atom is 0.320 e. The van der Waals surface area contributed by atoms with Crippen molar-refractivity contribution in [3.63, 3.8) is 0 Å². The lowest BCUT2D eigenvalue weighted by Crippen LogP contribution is -2.32. The van der Waals surface area contributed by atoms with Crippen LogP contribution in [0.25, 0.3) is 0 Å². The summed E-state index contributed by atoms with van der Waals surface area (Å²) in [5, 5.41) is 3.25. The lowest BCUT2D eigenvalue weighted by molar-refractivity contribution is -0.153. The standard InChI is InChI=1S/C18H27NO2/c1-13(19-12-17(20)21-18(2,3)4)15-10-9-14-7-5-6-8-16(14)11-15/h9-11,13,19H,5-8,12H2,1-4H3. The Kier molecular flexibility index (Phi) is 5.04. The molecule has 1 aliphatic rings. The molecule has 1 N–H and O–H groups in total. The number of carbonyl (C=O) groups excluding carboxylic acids is 1. The molecule has 3 heteroatoms. The van der Waals surface area contributed by atoms with Gasteiger partial charge in [-0.3, -0.25) is 4.79 Å². The van der Waals surface area contributed by atoms with Crippen LogP contribution in [0.15, 0.2) is 18.2 Å². The molecule has 3 nitrogen and oxygen atoms in total. The van der Waals surface area contributed by atoms with Gasteiger partial charge in [-0.15, -0.1) is 0 Å². The summed E-state index contributed by atoms with van der Waals surface area (Å²) < 4.78 is 5.31. The first-order chi connectivity index (χ1) is 9.85. The number of hydrogen-bond donors (Lipinski definition) is 1. The van der Waals surface area contributed by atoms with Gasteiger partial charge in [0.2, 0.25) is 0 Å². The van der Waals surface area contributed by atoms with Crippen molar-refractivity contribution in [1.29, 1.82) is 0 Å². The van der Waals surface area contributed by atoms with E-state index in [2.05, 4.69) is 30.4 Å². The smallest absolute Gasteiger partial charge is 0.320 e. The third kappa shape index (κ3) is 4.85. The first-order valence-electron chi connectivity index (χ1n) is 7.92. The van der Waals surface area contributed by atoms with E-state index in [1.807, 2.05) is 20.8 Å². The second kappa shape index (κ2) is 6.61. The highest BCUT2D eigenvalue weighted by molar-refractivity contribution is 5.72. The van der Waals surface area contributed by atoms with Gasteiger partial charge in [-0.2, -0.15) is 0 Å². The van der Waals surface area contributed by atoms with E-state index >= 15 is 0 Å². The second-order valence-electron chi connectivity index (χ2n) is 6.92. The molecule has 21 heavy (non-hydrogen) atoms. The fraction of sp³-hybridized carbons (Fsp3) is 0.611. The summed E-state index contributed by atoms with van der Waals surface area (Å²) in [5.41, 5.74) is 3.79. The molecule has 0 spiro atoms. The Morgan fingerprint density at radius 1 is 1.24 bits per heavy atom. The fourth-order valence-electron chi connectivity index (χ4n) is 2.75. The Hall–Kier alpha value is -1.35. The highest BCUT2D eigenvalue weighted by Gasteiger charge is 2.17. The molecule has 0 fully saturated rings. The van der Waals surface area contributed by atoms with Crippen LogP contribution in [0.5, 0.6) is 0 Å². The predicted molar refractivity (Wildman–Crippen MR) is 85.3 cm³/mol. The van der Waals surface area contributed by atoms with Crippen LogP contribution in [-0.4, -0.2) is 18.1 Å². The van der Waals surface area contributed by atoms with Crippen LogP contribution < -0.4 is 5.32 Å². The summed E-state index contributed by atoms with van der Waals surface area (Å²) in [5.74, 6) is -0.202. The third-order valence-electron chi connectivity index (χ3n) is 3.85. The summed E-state index contributed by atoms with van der Waals surface area (Å²) in [4.78, 5) is 11.7. The molecule has 0 bridgehead atoms. The molecule has 0 saturated heterocycles. The number of ether oxygens (including phenoxy) is 1. The molecule has 0 heterocycles. The normalized spacial score (nSPS) is 16.2. The van der Waals surface area contributed by atoms with E-state index in [0.717, 1.165) is 0 Å². The van der Waals surface area contributed by atoms with Crippen LogP contribution in [0, 0.1) is 0 Å². The van der Waals surface area contributed by atoms with Crippen LogP contribution in [0.2, 0.25) is 0 Å². The summed E-state index contributed by atoms with van der Waals surface area (Å²) >= 11 is 0. The molecule has 1 aromatic carbocycles. The van der Waals surface area contributed by atoms with E-state index in [9.17, 15) is 4.79 Å². The molecule has 1 aromatic rings. The molecule has 1 unspecified atom stereocenters. The van der Waals surface area contributed by atoms with Gasteiger partial charge in [-0.25, -0.2) is 0 Å². The molecular weight excluding hydrogens is 262 g/mol. The Labute approximate surface area is 128 Å². The van der Waals surface area contributed by atoms with E-state index in [-0.39, 0.29) is 18.6 Å². The first kappa shape index (κ1) is 16.0. The van der Waals surface area contributed by atoms with Crippen LogP contribution in [0.1, 0.15) is 63.3 Å². The Morgan fingerprint density at radius 3 is 2.57 bits per heavy atom. The molecule has 0 aliphatic heterocycles. The molecule has 0 amide bonds. The average molecular weight is 289 g/mol. The molecule has 0 saturated carbocycles. The van der Waals surface area contributed by atoms with Crippen molar-refractivity contribution >= 4 is 5.97 Å². The Morgan fingerprint density at radius 2 is 1.90 bits per heavy atom. The zero-order chi connectivity index (χ0) is 15.5. The van der Waals surface area contributed by atoms with Crippen molar-refractivity contribution in [2.45, 2.75) is 65.0 Å². The average Bonchev–Trinajstić information content (AvgIpc) is 2.42. The monoisotopic (exact) mass is 289 g/mol. The molecule has 0 aromatic heterocycles. The van der Waals surface area contributed by atoms with E-state index in [0.29, 0.717) is 0 Å². The van der Waals surface area contributed by atoms with Gasteiger partial charge in [0.25, 0.3) is 0 Å². The topological polar surface area (TPSA) is 38.3 Å². The second-order valence-corrected chi connectivity index (χ2v) is 6.92. The van der Waals surface area contributed by atoms with Gasteiger partial charge in [0.15, 0.2) is 0 Å². The Balaban J connectivity index is 1.91. The summed E-state index contributed by atoms with van der Waals surface area (Å²) in [6, 6.07) is 6.87. The van der Waals surface area contributed by atoms with E-state index in [1.165, 1.54) is 42.4 Å². The summed E-state index contributed by atoms with van der Waals surface area (Å²) in [6.07, 6.45) is 4.98. The van der Waals surface area contributed by atoms with Gasteiger partial charge in [0, 0.05) is 6.04 Å². The molecule has 0 radical (unpaired) electrons. The minimum absolute atomic E-state index is 0.157. The van der Waals surface area contributed by atoms with Crippen molar-refractivity contribution in [1.82, 2.24) is 5.32 Å². The minimum Gasteiger partial charge on any atom is -0.459 e. The molecule has 116 valence electrons. The summed E-state index contributed by atoms with van der Waals surface area (Å²) in [6.45, 7) is 8.00. The van der Waals surface area contributed by atoms with Crippen LogP contribution in [0.4, 0.5) is 0 Å². The van der Waals surface area contributed by atoms with Crippen molar-refractivity contribution in [3.8, 4) is 0 Å². The van der Waals surface area contributed by atoms with Crippen LogP contribution in [-0.2, 0) is 22.4 Å². The third-order valence-corrected chi connectivity index (χ3v) is 3.85. The van der Waals surface area contributed by atoms with Crippen molar-refractivity contribution in [2.75, 3.05) is 6.54 Å². The molecular formula is C18H27NO2. The van der Waals surface area contributed by atoms with E-state index in [1.54, 1.807) is 0 Å². The maximum atomic E-state index is 11.7. The van der Waals surface area contributed by atoms with E-state index in [4.69, 9.17) is 4.74 Å². The quantitative estimate of drug-likeness (QED) is 0.861. The highest BCUT2D eigenvalue weighted by atomic mass is 16.6. The van der Waals surface area contributed by atoms with E-state index < -0.39 is 5.60 Å². The SMILES string of the molecule is CC(NCC(=O)OC(C)(C)C)c1ccc2c(c1)CCCC2. The number of hydrogen-bond acceptors (Lipinski definition) is 3. The lowest BCUT2D eigenvalue weighted by Gasteiger charge is -2.22. The van der Waals surface area contributed by atoms with Gasteiger partial charge >= 0.3 is 5.97 Å². The zero-order valence-corrected chi connectivity index (χ0v) is 13.7. The van der Waals surface area contributed by atoms with Crippen molar-refractivity contribution in [3.05, 3.63) is 34.9 Å². The first-order valence-corrected chi connectivity index (χ1v) is 7.92. The number of nitrogens with one attached hydrogen (secondary N) is 1. The number of rotatable bonds is 4. The van der Waals surface area contributed by atoms with Gasteiger partial charge in [-0.05, 0) is 70.1 Å². The van der Waals surface area contributed by atoms with Crippen LogP contribution in [0.3, 0.4) is 0 Å². The van der Waals surface area contributed by atoms with Gasteiger partial charge in [-0.1, -0.05) is 18.2 Å². The van der Waals surface area contributed by atoms with Crippen LogP contribution >= 0.6 is 0 Å². The number of benzene rings is 1. The molecule has 1 atom stereocenters. The highest BCUT2D eigenvalue weighted by Crippen LogP contribution is 2.24. The fourth-order valence-corrected chi connectivity index (χ4v) is 2.75. The van der Waals surface area contributed by atoms with Crippen molar-refractivity contribution < 1.29 is 9.53 Å². The van der Waals surface area contributed by atoms with Gasteiger partial charge < -0.3 is 10.1 Å². The minimum atomic E-state index is -0.423. The number of aryl methyl sites for hydroxylation is 2. The zero-order valence-electron chi connectivity index (χ0n) is 13.7. The van der Waals surface area contributed by atoms with Crippen molar-refractivity contribution in [2.24, 2.45) is 0 Å². The molecule has 1 aliphatic carbocycles. The van der Waals surface area contributed by atoms with Gasteiger partial charge in [0.05, 0.1) is 6.54 Å². The lowest BCUT2D eigenvalue weighted by atomic mass is 9.89. The number of fused-ring (bicyclic) bond motifs is 1. The Bertz CT molecular complexity index is 502.